The molecule has 112 valence electrons. The van der Waals surface area contributed by atoms with Crippen molar-refractivity contribution in [1.29, 1.82) is 5.26 Å². The van der Waals surface area contributed by atoms with Crippen LogP contribution in [-0.4, -0.2) is 14.9 Å². The normalized spacial score (nSPS) is 11.8. The second kappa shape index (κ2) is 5.73. The number of H-pyrrole nitrogens is 1. The molecule has 1 N–H and O–H groups in total. The number of para-hydroxylation sites is 2. The van der Waals surface area contributed by atoms with E-state index in [1.54, 1.807) is 19.1 Å². The minimum atomic E-state index is -0.451. The number of rotatable bonds is 3. The van der Waals surface area contributed by atoms with Crippen LogP contribution >= 0.6 is 0 Å². The van der Waals surface area contributed by atoms with E-state index in [9.17, 15) is 15.4 Å². The maximum absolute atomic E-state index is 10.7. The Morgan fingerprint density at radius 1 is 1.22 bits per heavy atom. The number of hydrogen-bond donors (Lipinski definition) is 1. The second-order valence-corrected chi connectivity index (χ2v) is 5.02. The van der Waals surface area contributed by atoms with Crippen LogP contribution in [0.5, 0.6) is 0 Å². The molecule has 1 heterocycles. The number of nitro benzene ring substituents is 1. The first-order valence-corrected chi connectivity index (χ1v) is 6.91. The summed E-state index contributed by atoms with van der Waals surface area (Å²) in [4.78, 5) is 17.8. The summed E-state index contributed by atoms with van der Waals surface area (Å²) in [6, 6.07) is 15.8. The van der Waals surface area contributed by atoms with Gasteiger partial charge in [0.05, 0.1) is 21.5 Å². The van der Waals surface area contributed by atoms with Crippen LogP contribution in [0.3, 0.4) is 0 Å². The quantitative estimate of drug-likeness (QED) is 0.450. The number of nitrogens with one attached hydrogen (secondary N) is 1. The molecule has 0 bridgehead atoms. The maximum atomic E-state index is 10.7. The standard InChI is InChI=1S/C17H12N4O2/c1-11(12-6-8-13(9-7-12)21(22)23)14(10-18)17-19-15-4-2-3-5-16(15)20-17/h2-9H,1H3,(H,19,20). The van der Waals surface area contributed by atoms with Crippen molar-refractivity contribution in [3.63, 3.8) is 0 Å². The van der Waals surface area contributed by atoms with Crippen molar-refractivity contribution in [2.45, 2.75) is 6.92 Å². The molecule has 0 fully saturated rings. The summed E-state index contributed by atoms with van der Waals surface area (Å²) in [6.45, 7) is 1.80. The third kappa shape index (κ3) is 2.68. The first-order chi connectivity index (χ1) is 11.1. The minimum absolute atomic E-state index is 0.0174. The summed E-state index contributed by atoms with van der Waals surface area (Å²) in [5, 5.41) is 20.2. The lowest BCUT2D eigenvalue weighted by molar-refractivity contribution is -0.384. The number of benzene rings is 2. The molecule has 0 saturated carbocycles. The van der Waals surface area contributed by atoms with Gasteiger partial charge in [-0.3, -0.25) is 10.1 Å². The Hall–Kier alpha value is -3.46. The van der Waals surface area contributed by atoms with Gasteiger partial charge in [-0.25, -0.2) is 4.98 Å². The van der Waals surface area contributed by atoms with Crippen molar-refractivity contribution >= 4 is 27.9 Å². The second-order valence-electron chi connectivity index (χ2n) is 5.02. The topological polar surface area (TPSA) is 95.6 Å². The van der Waals surface area contributed by atoms with Gasteiger partial charge < -0.3 is 4.98 Å². The monoisotopic (exact) mass is 304 g/mol. The predicted octanol–water partition coefficient (Wildman–Crippen LogP) is 3.93. The average Bonchev–Trinajstić information content (AvgIpc) is 2.99. The number of non-ortho nitro benzene ring substituents is 1. The first-order valence-electron chi connectivity index (χ1n) is 6.91. The third-order valence-electron chi connectivity index (χ3n) is 3.62. The highest BCUT2D eigenvalue weighted by Gasteiger charge is 2.13. The van der Waals surface area contributed by atoms with E-state index in [4.69, 9.17) is 0 Å². The molecule has 2 aromatic carbocycles. The summed E-state index contributed by atoms with van der Waals surface area (Å²) in [6.07, 6.45) is 0. The highest BCUT2D eigenvalue weighted by atomic mass is 16.6. The van der Waals surface area contributed by atoms with E-state index < -0.39 is 4.92 Å². The van der Waals surface area contributed by atoms with Crippen molar-refractivity contribution < 1.29 is 4.92 Å². The Kier molecular flexibility index (Phi) is 3.61. The zero-order chi connectivity index (χ0) is 16.4. The molecule has 1 aromatic heterocycles. The van der Waals surface area contributed by atoms with Crippen molar-refractivity contribution in [3.05, 3.63) is 70.0 Å². The smallest absolute Gasteiger partial charge is 0.269 e. The molecule has 0 spiro atoms. The predicted molar refractivity (Wildman–Crippen MR) is 87.3 cm³/mol. The van der Waals surface area contributed by atoms with Crippen LogP contribution in [0.15, 0.2) is 48.5 Å². The Balaban J connectivity index is 2.08. The molecule has 0 aliphatic rings. The van der Waals surface area contributed by atoms with Crippen LogP contribution in [0.4, 0.5) is 5.69 Å². The van der Waals surface area contributed by atoms with Gasteiger partial charge in [-0.1, -0.05) is 12.1 Å². The van der Waals surface area contributed by atoms with Gasteiger partial charge in [0.25, 0.3) is 5.69 Å². The summed E-state index contributed by atoms with van der Waals surface area (Å²) < 4.78 is 0. The number of nitro groups is 1. The van der Waals surface area contributed by atoms with Gasteiger partial charge in [0.15, 0.2) is 0 Å². The number of aromatic amines is 1. The van der Waals surface area contributed by atoms with E-state index in [1.807, 2.05) is 24.3 Å². The maximum Gasteiger partial charge on any atom is 0.269 e. The fourth-order valence-electron chi connectivity index (χ4n) is 2.36. The molecule has 3 aromatic rings. The van der Waals surface area contributed by atoms with Crippen molar-refractivity contribution in [2.24, 2.45) is 0 Å². The Bertz CT molecular complexity index is 929. The Morgan fingerprint density at radius 3 is 2.52 bits per heavy atom. The SMILES string of the molecule is CC(=C(C#N)c1nc2ccccc2[nH]1)c1ccc([N+](=O)[O-])cc1. The first kappa shape index (κ1) is 14.5. The van der Waals surface area contributed by atoms with E-state index in [2.05, 4.69) is 16.0 Å². The van der Waals surface area contributed by atoms with E-state index in [0.717, 1.165) is 16.6 Å². The number of aromatic nitrogens is 2. The number of imidazole rings is 1. The molecule has 0 radical (unpaired) electrons. The fourth-order valence-corrected chi connectivity index (χ4v) is 2.36. The number of nitriles is 1. The number of nitrogens with zero attached hydrogens (tertiary/aromatic N) is 3. The summed E-state index contributed by atoms with van der Waals surface area (Å²) in [7, 11) is 0. The van der Waals surface area contributed by atoms with Crippen LogP contribution in [0.1, 0.15) is 18.3 Å². The van der Waals surface area contributed by atoms with E-state index in [1.165, 1.54) is 12.1 Å². The molecule has 0 amide bonds. The van der Waals surface area contributed by atoms with Crippen LogP contribution in [0.25, 0.3) is 22.2 Å². The molecule has 23 heavy (non-hydrogen) atoms. The number of hydrogen-bond acceptors (Lipinski definition) is 4. The largest absolute Gasteiger partial charge is 0.337 e. The molecule has 0 unspecified atom stereocenters. The van der Waals surface area contributed by atoms with Crippen LogP contribution in [-0.2, 0) is 0 Å². The van der Waals surface area contributed by atoms with Crippen LogP contribution in [0.2, 0.25) is 0 Å². The highest BCUT2D eigenvalue weighted by molar-refractivity contribution is 5.96. The number of allylic oxidation sites excluding steroid dienone is 2. The lowest BCUT2D eigenvalue weighted by Crippen LogP contribution is -1.92. The molecule has 3 rings (SSSR count). The molecule has 6 nitrogen and oxygen atoms in total. The van der Waals surface area contributed by atoms with Gasteiger partial charge in [-0.05, 0) is 42.3 Å². The minimum Gasteiger partial charge on any atom is -0.337 e. The lowest BCUT2D eigenvalue weighted by Gasteiger charge is -2.04. The number of fused-ring (bicyclic) bond motifs is 1. The van der Waals surface area contributed by atoms with Gasteiger partial charge >= 0.3 is 0 Å². The van der Waals surface area contributed by atoms with Gasteiger partial charge in [-0.2, -0.15) is 5.26 Å². The zero-order valence-electron chi connectivity index (χ0n) is 12.3. The molecule has 0 saturated heterocycles. The third-order valence-corrected chi connectivity index (χ3v) is 3.62. The Labute approximate surface area is 131 Å². The fraction of sp³-hybridized carbons (Fsp3) is 0.0588. The molecule has 0 atom stereocenters. The van der Waals surface area contributed by atoms with E-state index >= 15 is 0 Å². The summed E-state index contributed by atoms with van der Waals surface area (Å²) in [5.41, 5.74) is 3.52. The lowest BCUT2D eigenvalue weighted by atomic mass is 10.0. The molecule has 6 heteroatoms. The average molecular weight is 304 g/mol. The van der Waals surface area contributed by atoms with E-state index in [0.29, 0.717) is 17.0 Å². The van der Waals surface area contributed by atoms with Gasteiger partial charge in [-0.15, -0.1) is 0 Å². The van der Waals surface area contributed by atoms with Crippen molar-refractivity contribution in [3.8, 4) is 6.07 Å². The van der Waals surface area contributed by atoms with Crippen LogP contribution < -0.4 is 0 Å². The highest BCUT2D eigenvalue weighted by Crippen LogP contribution is 2.26. The van der Waals surface area contributed by atoms with Gasteiger partial charge in [0, 0.05) is 12.1 Å². The van der Waals surface area contributed by atoms with Crippen molar-refractivity contribution in [2.75, 3.05) is 0 Å². The molecular formula is C17H12N4O2. The zero-order valence-corrected chi connectivity index (χ0v) is 12.3. The summed E-state index contributed by atoms with van der Waals surface area (Å²) >= 11 is 0. The van der Waals surface area contributed by atoms with E-state index in [-0.39, 0.29) is 5.69 Å². The van der Waals surface area contributed by atoms with Crippen molar-refractivity contribution in [1.82, 2.24) is 9.97 Å². The molecule has 0 aliphatic carbocycles. The molecular weight excluding hydrogens is 292 g/mol. The van der Waals surface area contributed by atoms with Crippen LogP contribution in [0, 0.1) is 21.4 Å². The van der Waals surface area contributed by atoms with Gasteiger partial charge in [0.1, 0.15) is 11.9 Å². The van der Waals surface area contributed by atoms with Gasteiger partial charge in [0.2, 0.25) is 0 Å². The molecule has 0 aliphatic heterocycles. The Morgan fingerprint density at radius 2 is 1.91 bits per heavy atom. The summed E-state index contributed by atoms with van der Waals surface area (Å²) in [5.74, 6) is 0.490.